The summed E-state index contributed by atoms with van der Waals surface area (Å²) in [4.78, 5) is 19.9. The van der Waals surface area contributed by atoms with Crippen molar-refractivity contribution in [3.63, 3.8) is 0 Å². The second-order valence-electron chi connectivity index (χ2n) is 7.72. The number of phosphoric acid groups is 1. The van der Waals surface area contributed by atoms with Crippen molar-refractivity contribution < 1.29 is 32.7 Å². The topological polar surface area (TPSA) is 94.5 Å². The van der Waals surface area contributed by atoms with E-state index in [1.54, 1.807) is 0 Å². The van der Waals surface area contributed by atoms with Gasteiger partial charge in [-0.25, -0.2) is 4.57 Å². The monoisotopic (exact) mass is 398 g/mol. The molecule has 24 heavy (non-hydrogen) atoms. The molecule has 10 heteroatoms. The molecule has 4 bridgehead atoms. The van der Waals surface area contributed by atoms with Crippen LogP contribution in [0, 0.1) is 23.7 Å². The van der Waals surface area contributed by atoms with Gasteiger partial charge in [-0.2, -0.15) is 0 Å². The zero-order valence-electron chi connectivity index (χ0n) is 13.4. The van der Waals surface area contributed by atoms with Gasteiger partial charge < -0.3 is 14.3 Å². The average molecular weight is 398 g/mol. The van der Waals surface area contributed by atoms with Crippen molar-refractivity contribution >= 4 is 26.3 Å². The molecule has 0 saturated heterocycles. The van der Waals surface area contributed by atoms with Crippen molar-refractivity contribution in [2.45, 2.75) is 63.6 Å². The molecule has 0 aliphatic heterocycles. The van der Waals surface area contributed by atoms with E-state index in [0.29, 0.717) is 23.7 Å². The number of hydrogen-bond donors (Lipinski definition) is 2. The number of hydrogen-bond acceptors (Lipinski definition) is 6. The van der Waals surface area contributed by atoms with E-state index in [9.17, 15) is 14.4 Å². The van der Waals surface area contributed by atoms with E-state index >= 15 is 0 Å². The van der Waals surface area contributed by atoms with E-state index in [4.69, 9.17) is 20.9 Å². The van der Waals surface area contributed by atoms with Gasteiger partial charge in [0.15, 0.2) is 0 Å². The minimum Gasteiger partial charge on any atom is -0.323 e. The standard InChI is InChI=1S/C14H24O7P2S/c15-22(16,18-13-7-9-1-3-11(13)5-9)20-21-23(17,24)19-14-8-10-2-4-12(14)6-10/h9-14H,1-8H2,(H,15,16)(H,17,24). The lowest BCUT2D eigenvalue weighted by Crippen LogP contribution is -2.20. The molecular formula is C14H24O7P2S. The van der Waals surface area contributed by atoms with Gasteiger partial charge in [-0.1, -0.05) is 0 Å². The molecule has 0 aromatic carbocycles. The highest BCUT2D eigenvalue weighted by Crippen LogP contribution is 2.59. The van der Waals surface area contributed by atoms with Crippen LogP contribution >= 0.6 is 14.5 Å². The summed E-state index contributed by atoms with van der Waals surface area (Å²) in [5.41, 5.74) is 0. The summed E-state index contributed by atoms with van der Waals surface area (Å²) in [5, 5.41) is 0. The van der Waals surface area contributed by atoms with Crippen LogP contribution in [0.4, 0.5) is 0 Å². The quantitative estimate of drug-likeness (QED) is 0.381. The molecule has 4 rings (SSSR count). The maximum Gasteiger partial charge on any atom is 0.500 e. The lowest BCUT2D eigenvalue weighted by Gasteiger charge is -2.27. The lowest BCUT2D eigenvalue weighted by molar-refractivity contribution is -0.149. The highest BCUT2D eigenvalue weighted by molar-refractivity contribution is 8.07. The van der Waals surface area contributed by atoms with Gasteiger partial charge in [0.05, 0.1) is 12.2 Å². The molecule has 4 saturated carbocycles. The largest absolute Gasteiger partial charge is 0.500 e. The van der Waals surface area contributed by atoms with Crippen LogP contribution in [-0.2, 0) is 34.8 Å². The van der Waals surface area contributed by atoms with Crippen molar-refractivity contribution in [2.24, 2.45) is 23.7 Å². The van der Waals surface area contributed by atoms with E-state index < -0.39 is 14.5 Å². The van der Waals surface area contributed by atoms with Crippen molar-refractivity contribution in [3.05, 3.63) is 0 Å². The summed E-state index contributed by atoms with van der Waals surface area (Å²) < 4.78 is 31.9. The predicted octanol–water partition coefficient (Wildman–Crippen LogP) is 3.66. The average Bonchev–Trinajstić information content (AvgIpc) is 3.25. The fourth-order valence-electron chi connectivity index (χ4n) is 5.09. The van der Waals surface area contributed by atoms with Crippen LogP contribution in [0.5, 0.6) is 0 Å². The highest BCUT2D eigenvalue weighted by Gasteiger charge is 2.45. The van der Waals surface area contributed by atoms with Gasteiger partial charge in [0.25, 0.3) is 0 Å². The molecular weight excluding hydrogens is 374 g/mol. The molecule has 4 aliphatic carbocycles. The van der Waals surface area contributed by atoms with Gasteiger partial charge in [-0.3, -0.25) is 4.52 Å². The molecule has 138 valence electrons. The van der Waals surface area contributed by atoms with Gasteiger partial charge in [-0.05, 0) is 86.8 Å². The lowest BCUT2D eigenvalue weighted by atomic mass is 9.98. The third kappa shape index (κ3) is 3.98. The smallest absolute Gasteiger partial charge is 0.323 e. The fourth-order valence-corrected chi connectivity index (χ4v) is 7.61. The van der Waals surface area contributed by atoms with Gasteiger partial charge >= 0.3 is 14.5 Å². The number of fused-ring (bicyclic) bond motifs is 4. The summed E-state index contributed by atoms with van der Waals surface area (Å²) in [5.74, 6) is 1.90. The second-order valence-corrected chi connectivity index (χ2v) is 11.7. The van der Waals surface area contributed by atoms with Gasteiger partial charge in [-0.15, -0.1) is 9.35 Å². The van der Waals surface area contributed by atoms with Crippen LogP contribution in [0.25, 0.3) is 0 Å². The van der Waals surface area contributed by atoms with Gasteiger partial charge in [0, 0.05) is 0 Å². The molecule has 0 spiro atoms. The summed E-state index contributed by atoms with van der Waals surface area (Å²) >= 11 is 4.91. The molecule has 4 fully saturated rings. The van der Waals surface area contributed by atoms with Crippen LogP contribution in [-0.4, -0.2) is 22.0 Å². The van der Waals surface area contributed by atoms with Crippen LogP contribution < -0.4 is 0 Å². The molecule has 0 heterocycles. The van der Waals surface area contributed by atoms with Crippen LogP contribution in [0.15, 0.2) is 0 Å². The van der Waals surface area contributed by atoms with Crippen LogP contribution in [0.1, 0.15) is 51.4 Å². The third-order valence-corrected chi connectivity index (χ3v) is 8.26. The SMILES string of the molecule is O=P(O)(OOP(O)(=S)OC1CC2CCC1C2)OC1CC2CCC1C2. The first-order valence-corrected chi connectivity index (χ1v) is 12.8. The first-order valence-electron chi connectivity index (χ1n) is 8.70. The van der Waals surface area contributed by atoms with Crippen molar-refractivity contribution in [1.29, 1.82) is 0 Å². The Morgan fingerprint density at radius 2 is 1.33 bits per heavy atom. The Kier molecular flexibility index (Phi) is 5.01. The van der Waals surface area contributed by atoms with Gasteiger partial charge in [0.1, 0.15) is 0 Å². The van der Waals surface area contributed by atoms with E-state index in [1.807, 2.05) is 0 Å². The molecule has 0 aromatic rings. The van der Waals surface area contributed by atoms with Crippen molar-refractivity contribution in [3.8, 4) is 0 Å². The molecule has 0 amide bonds. The third-order valence-electron chi connectivity index (χ3n) is 6.11. The minimum absolute atomic E-state index is 0.146. The maximum absolute atomic E-state index is 12.0. The molecule has 0 aromatic heterocycles. The molecule has 8 atom stereocenters. The fraction of sp³-hybridized carbons (Fsp3) is 1.00. The zero-order valence-corrected chi connectivity index (χ0v) is 16.0. The zero-order chi connectivity index (χ0) is 16.9. The minimum atomic E-state index is -4.43. The van der Waals surface area contributed by atoms with E-state index in [1.165, 1.54) is 6.42 Å². The normalized spacial score (nSPS) is 45.4. The number of rotatable bonds is 7. The van der Waals surface area contributed by atoms with E-state index in [0.717, 1.165) is 44.9 Å². The van der Waals surface area contributed by atoms with Crippen molar-refractivity contribution in [1.82, 2.24) is 0 Å². The Morgan fingerprint density at radius 1 is 0.792 bits per heavy atom. The highest BCUT2D eigenvalue weighted by atomic mass is 32.5. The summed E-state index contributed by atoms with van der Waals surface area (Å²) in [6.07, 6.45) is 7.76. The number of phosphoric ester groups is 1. The first kappa shape index (κ1) is 18.0. The van der Waals surface area contributed by atoms with E-state index in [-0.39, 0.29) is 12.2 Å². The van der Waals surface area contributed by atoms with Crippen molar-refractivity contribution in [2.75, 3.05) is 0 Å². The predicted molar refractivity (Wildman–Crippen MR) is 89.1 cm³/mol. The Balaban J connectivity index is 1.27. The van der Waals surface area contributed by atoms with Crippen LogP contribution in [0.2, 0.25) is 0 Å². The molecule has 2 N–H and O–H groups in total. The molecule has 8 unspecified atom stereocenters. The summed E-state index contributed by atoms with van der Waals surface area (Å²) in [6.45, 7) is -3.73. The molecule has 4 aliphatic rings. The van der Waals surface area contributed by atoms with E-state index in [2.05, 4.69) is 9.35 Å². The molecule has 0 radical (unpaired) electrons. The maximum atomic E-state index is 12.0. The Labute approximate surface area is 146 Å². The van der Waals surface area contributed by atoms with Crippen LogP contribution in [0.3, 0.4) is 0 Å². The summed E-state index contributed by atoms with van der Waals surface area (Å²) in [7, 11) is -4.43. The summed E-state index contributed by atoms with van der Waals surface area (Å²) in [6, 6.07) is 0. The Bertz CT molecular complexity index is 537. The molecule has 7 nitrogen and oxygen atoms in total. The first-order chi connectivity index (χ1) is 11.3. The Hall–Kier alpha value is 0.640. The van der Waals surface area contributed by atoms with Gasteiger partial charge in [0.2, 0.25) is 0 Å². The second kappa shape index (κ2) is 6.66. The Morgan fingerprint density at radius 3 is 1.79 bits per heavy atom.